The summed E-state index contributed by atoms with van der Waals surface area (Å²) in [6.45, 7) is 1.86. The molecule has 0 aromatic heterocycles. The Morgan fingerprint density at radius 3 is 2.06 bits per heavy atom. The third kappa shape index (κ3) is 1.57. The van der Waals surface area contributed by atoms with Gasteiger partial charge in [0.25, 0.3) is 11.8 Å². The first kappa shape index (κ1) is 11.0. The zero-order valence-electron chi connectivity index (χ0n) is 8.80. The predicted molar refractivity (Wildman–Crippen MR) is 60.2 cm³/mol. The Hall–Kier alpha value is -1.49. The van der Waals surface area contributed by atoms with E-state index in [1.54, 1.807) is 24.3 Å². The van der Waals surface area contributed by atoms with E-state index in [4.69, 9.17) is 0 Å². The molecule has 4 nitrogen and oxygen atoms in total. The van der Waals surface area contributed by atoms with Crippen LogP contribution in [0.2, 0.25) is 0 Å². The van der Waals surface area contributed by atoms with Crippen LogP contribution in [0.1, 0.15) is 34.1 Å². The van der Waals surface area contributed by atoms with Crippen molar-refractivity contribution in [3.05, 3.63) is 35.4 Å². The second-order valence-corrected chi connectivity index (χ2v) is 4.89. The molecule has 0 N–H and O–H groups in total. The van der Waals surface area contributed by atoms with Crippen LogP contribution in [0.4, 0.5) is 0 Å². The minimum absolute atomic E-state index is 0.325. The molecule has 16 heavy (non-hydrogen) atoms. The summed E-state index contributed by atoms with van der Waals surface area (Å²) in [6, 6.07) is 6.55. The van der Waals surface area contributed by atoms with Crippen LogP contribution in [-0.4, -0.2) is 26.1 Å². The molecule has 84 valence electrons. The number of benzene rings is 1. The number of fused-ring (bicyclic) bond motifs is 1. The number of amides is 2. The van der Waals surface area contributed by atoms with Gasteiger partial charge in [-0.15, -0.1) is 0 Å². The Bertz CT molecular complexity index is 449. The highest BCUT2D eigenvalue weighted by Crippen LogP contribution is 2.23. The molecule has 5 heteroatoms. The van der Waals surface area contributed by atoms with Gasteiger partial charge in [-0.2, -0.15) is 4.31 Å². The number of carbonyl (C=O) groups is 2. The molecule has 1 aliphatic heterocycles. The number of hydrogen-bond donors (Lipinski definition) is 0. The smallest absolute Gasteiger partial charge is 0.268 e. The van der Waals surface area contributed by atoms with Gasteiger partial charge in [0.15, 0.2) is 0 Å². The van der Waals surface area contributed by atoms with E-state index < -0.39 is 22.8 Å². The summed E-state index contributed by atoms with van der Waals surface area (Å²) in [6.07, 6.45) is 0.667. The summed E-state index contributed by atoms with van der Waals surface area (Å²) in [5, 5.41) is 0. The number of hydrogen-bond acceptors (Lipinski definition) is 3. The fraction of sp³-hybridized carbons (Fsp3) is 0.273. The van der Waals surface area contributed by atoms with Crippen LogP contribution in [0.5, 0.6) is 0 Å². The molecule has 0 radical (unpaired) electrons. The van der Waals surface area contributed by atoms with E-state index in [1.165, 1.54) is 0 Å². The van der Waals surface area contributed by atoms with E-state index in [-0.39, 0.29) is 0 Å². The maximum absolute atomic E-state index is 11.8. The maximum Gasteiger partial charge on any atom is 0.273 e. The third-order valence-electron chi connectivity index (χ3n) is 2.34. The second-order valence-electron chi connectivity index (χ2n) is 3.48. The van der Waals surface area contributed by atoms with Crippen molar-refractivity contribution in [2.45, 2.75) is 13.3 Å². The normalized spacial score (nSPS) is 16.4. The fourth-order valence-electron chi connectivity index (χ4n) is 1.62. The molecule has 0 aliphatic carbocycles. The first-order chi connectivity index (χ1) is 7.66. The number of rotatable bonds is 3. The quantitative estimate of drug-likeness (QED) is 0.746. The average molecular weight is 237 g/mol. The second kappa shape index (κ2) is 4.17. The molecule has 2 amide bonds. The Kier molecular flexibility index (Phi) is 2.87. The van der Waals surface area contributed by atoms with E-state index in [9.17, 15) is 13.8 Å². The van der Waals surface area contributed by atoms with E-state index >= 15 is 0 Å². The van der Waals surface area contributed by atoms with Crippen molar-refractivity contribution in [2.75, 3.05) is 5.75 Å². The summed E-state index contributed by atoms with van der Waals surface area (Å²) in [4.78, 5) is 23.7. The van der Waals surface area contributed by atoms with E-state index in [0.29, 0.717) is 23.3 Å². The van der Waals surface area contributed by atoms with Gasteiger partial charge in [-0.05, 0) is 18.6 Å². The van der Waals surface area contributed by atoms with Crippen molar-refractivity contribution < 1.29 is 13.8 Å². The van der Waals surface area contributed by atoms with Crippen LogP contribution in [0.25, 0.3) is 0 Å². The van der Waals surface area contributed by atoms with Crippen molar-refractivity contribution in [1.82, 2.24) is 4.31 Å². The van der Waals surface area contributed by atoms with Gasteiger partial charge in [-0.3, -0.25) is 9.59 Å². The predicted octanol–water partition coefficient (Wildman–Crippen LogP) is 1.36. The SMILES string of the molecule is CCCS(=O)N1C(=O)c2ccccc2C1=O. The highest BCUT2D eigenvalue weighted by atomic mass is 32.2. The highest BCUT2D eigenvalue weighted by Gasteiger charge is 2.38. The minimum Gasteiger partial charge on any atom is -0.268 e. The zero-order valence-corrected chi connectivity index (χ0v) is 9.62. The van der Waals surface area contributed by atoms with Crippen molar-refractivity contribution in [2.24, 2.45) is 0 Å². The Morgan fingerprint density at radius 2 is 1.62 bits per heavy atom. The Balaban J connectivity index is 2.39. The Morgan fingerprint density at radius 1 is 1.12 bits per heavy atom. The van der Waals surface area contributed by atoms with Gasteiger partial charge in [-0.1, -0.05) is 19.1 Å². The summed E-state index contributed by atoms with van der Waals surface area (Å²) in [5.74, 6) is -0.578. The summed E-state index contributed by atoms with van der Waals surface area (Å²) < 4.78 is 12.6. The van der Waals surface area contributed by atoms with Crippen LogP contribution in [0.15, 0.2) is 24.3 Å². The van der Waals surface area contributed by atoms with Crippen LogP contribution in [0, 0.1) is 0 Å². The van der Waals surface area contributed by atoms with Gasteiger partial charge in [0, 0.05) is 5.75 Å². The highest BCUT2D eigenvalue weighted by molar-refractivity contribution is 7.83. The molecule has 1 aromatic carbocycles. The van der Waals surface area contributed by atoms with Crippen molar-refractivity contribution >= 4 is 22.8 Å². The summed E-state index contributed by atoms with van der Waals surface area (Å²) in [7, 11) is -1.55. The molecule has 1 aliphatic rings. The van der Waals surface area contributed by atoms with Crippen molar-refractivity contribution in [3.63, 3.8) is 0 Å². The Labute approximate surface area is 95.8 Å². The van der Waals surface area contributed by atoms with Gasteiger partial charge in [0.1, 0.15) is 11.0 Å². The van der Waals surface area contributed by atoms with Crippen LogP contribution in [-0.2, 0) is 11.0 Å². The van der Waals surface area contributed by atoms with Gasteiger partial charge in [0.05, 0.1) is 11.1 Å². The first-order valence-electron chi connectivity index (χ1n) is 5.03. The van der Waals surface area contributed by atoms with Gasteiger partial charge >= 0.3 is 0 Å². The largest absolute Gasteiger partial charge is 0.273 e. The van der Waals surface area contributed by atoms with Crippen LogP contribution >= 0.6 is 0 Å². The molecular formula is C11H11NO3S. The molecule has 0 bridgehead atoms. The van der Waals surface area contributed by atoms with Gasteiger partial charge < -0.3 is 0 Å². The molecular weight excluding hydrogens is 226 g/mol. The van der Waals surface area contributed by atoms with Crippen LogP contribution < -0.4 is 0 Å². The van der Waals surface area contributed by atoms with Crippen molar-refractivity contribution in [3.8, 4) is 0 Å². The zero-order chi connectivity index (χ0) is 11.7. The standard InChI is InChI=1S/C11H11NO3S/c1-2-7-16(15)12-10(13)8-5-3-4-6-9(8)11(12)14/h3-6H,2,7H2,1H3. The molecule has 0 saturated carbocycles. The molecule has 1 atom stereocenters. The lowest BCUT2D eigenvalue weighted by molar-refractivity contribution is 0.0771. The third-order valence-corrected chi connectivity index (χ3v) is 3.84. The fourth-order valence-corrected chi connectivity index (χ4v) is 2.72. The van der Waals surface area contributed by atoms with Gasteiger partial charge in [-0.25, -0.2) is 4.21 Å². The number of imide groups is 1. The van der Waals surface area contributed by atoms with Gasteiger partial charge in [0.2, 0.25) is 0 Å². The topological polar surface area (TPSA) is 54.5 Å². The molecule has 0 fully saturated rings. The molecule has 1 unspecified atom stereocenters. The van der Waals surface area contributed by atoms with Crippen LogP contribution in [0.3, 0.4) is 0 Å². The lowest BCUT2D eigenvalue weighted by Gasteiger charge is -2.11. The molecule has 0 spiro atoms. The molecule has 1 heterocycles. The first-order valence-corrected chi connectivity index (χ1v) is 6.30. The van der Waals surface area contributed by atoms with E-state index in [1.807, 2.05) is 6.92 Å². The number of carbonyl (C=O) groups excluding carboxylic acids is 2. The van der Waals surface area contributed by atoms with Crippen molar-refractivity contribution in [1.29, 1.82) is 0 Å². The molecule has 1 aromatic rings. The number of nitrogens with zero attached hydrogens (tertiary/aromatic N) is 1. The lowest BCUT2D eigenvalue weighted by atomic mass is 10.1. The molecule has 2 rings (SSSR count). The average Bonchev–Trinajstić information content (AvgIpc) is 2.53. The lowest BCUT2D eigenvalue weighted by Crippen LogP contribution is -2.33. The summed E-state index contributed by atoms with van der Waals surface area (Å²) >= 11 is 0. The molecule has 0 saturated heterocycles. The van der Waals surface area contributed by atoms with E-state index in [2.05, 4.69) is 0 Å². The maximum atomic E-state index is 11.8. The minimum atomic E-state index is -1.55. The monoisotopic (exact) mass is 237 g/mol. The van der Waals surface area contributed by atoms with E-state index in [0.717, 1.165) is 4.31 Å². The summed E-state index contributed by atoms with van der Waals surface area (Å²) in [5.41, 5.74) is 0.689.